The second-order valence-corrected chi connectivity index (χ2v) is 5.41. The highest BCUT2D eigenvalue weighted by atomic mass is 32.1. The molecule has 0 aromatic rings. The summed E-state index contributed by atoms with van der Waals surface area (Å²) < 4.78 is 0. The molecule has 0 spiro atoms. The number of hydrogen-bond donors (Lipinski definition) is 2. The van der Waals surface area contributed by atoms with Crippen LogP contribution in [0, 0.1) is 5.41 Å². The molecule has 1 aliphatic rings. The summed E-state index contributed by atoms with van der Waals surface area (Å²) in [6.07, 6.45) is 5.79. The van der Waals surface area contributed by atoms with E-state index in [0.29, 0.717) is 18.1 Å². The molecule has 104 valence electrons. The van der Waals surface area contributed by atoms with E-state index < -0.39 is 5.41 Å². The minimum atomic E-state index is -0.670. The molecule has 18 heavy (non-hydrogen) atoms. The zero-order valence-corrected chi connectivity index (χ0v) is 12.0. The van der Waals surface area contributed by atoms with Gasteiger partial charge in [0.05, 0.1) is 17.0 Å². The Morgan fingerprint density at radius 2 is 1.89 bits per heavy atom. The van der Waals surface area contributed by atoms with Crippen molar-refractivity contribution in [2.75, 3.05) is 19.7 Å². The number of carbonyl (C=O) groups is 1. The molecule has 1 rings (SSSR count). The van der Waals surface area contributed by atoms with Crippen LogP contribution < -0.4 is 5.73 Å². The second-order valence-electron chi connectivity index (χ2n) is 4.97. The summed E-state index contributed by atoms with van der Waals surface area (Å²) in [4.78, 5) is 14.7. The van der Waals surface area contributed by atoms with Crippen LogP contribution in [0.1, 0.15) is 45.4 Å². The Morgan fingerprint density at radius 3 is 2.28 bits per heavy atom. The molecule has 4 nitrogen and oxygen atoms in total. The van der Waals surface area contributed by atoms with Crippen LogP contribution in [0.4, 0.5) is 0 Å². The van der Waals surface area contributed by atoms with Crippen molar-refractivity contribution in [3.8, 4) is 0 Å². The highest BCUT2D eigenvalue weighted by molar-refractivity contribution is 7.80. The van der Waals surface area contributed by atoms with Crippen molar-refractivity contribution in [1.82, 2.24) is 4.90 Å². The first-order valence-corrected chi connectivity index (χ1v) is 7.19. The van der Waals surface area contributed by atoms with Crippen LogP contribution in [0.3, 0.4) is 0 Å². The zero-order chi connectivity index (χ0) is 13.6. The van der Waals surface area contributed by atoms with Crippen molar-refractivity contribution >= 4 is 23.1 Å². The lowest BCUT2D eigenvalue weighted by Gasteiger charge is -2.35. The fourth-order valence-electron chi connectivity index (χ4n) is 2.72. The van der Waals surface area contributed by atoms with Gasteiger partial charge in [-0.05, 0) is 19.8 Å². The molecule has 0 bridgehead atoms. The Morgan fingerprint density at radius 1 is 1.33 bits per heavy atom. The molecule has 0 heterocycles. The Hall–Kier alpha value is -0.680. The maximum Gasteiger partial charge on any atom is 0.235 e. The molecule has 0 aliphatic heterocycles. The van der Waals surface area contributed by atoms with E-state index in [4.69, 9.17) is 23.1 Å². The van der Waals surface area contributed by atoms with Crippen molar-refractivity contribution in [2.24, 2.45) is 11.1 Å². The third kappa shape index (κ3) is 3.20. The quantitative estimate of drug-likeness (QED) is 0.587. The number of likely N-dealkylation sites (N-methyl/N-ethyl adjacent to an activating group) is 1. The first-order valence-electron chi connectivity index (χ1n) is 6.78. The lowest BCUT2D eigenvalue weighted by Crippen LogP contribution is -2.51. The van der Waals surface area contributed by atoms with E-state index in [1.165, 1.54) is 0 Å². The van der Waals surface area contributed by atoms with Gasteiger partial charge in [-0.15, -0.1) is 0 Å². The number of nitrogens with two attached hydrogens (primary N) is 1. The first kappa shape index (κ1) is 15.4. The van der Waals surface area contributed by atoms with Crippen LogP contribution in [0.15, 0.2) is 0 Å². The summed E-state index contributed by atoms with van der Waals surface area (Å²) in [6, 6.07) is 0. The smallest absolute Gasteiger partial charge is 0.235 e. The minimum Gasteiger partial charge on any atom is -0.395 e. The van der Waals surface area contributed by atoms with Gasteiger partial charge in [-0.2, -0.15) is 0 Å². The van der Waals surface area contributed by atoms with E-state index in [-0.39, 0.29) is 12.5 Å². The van der Waals surface area contributed by atoms with Crippen LogP contribution in [-0.4, -0.2) is 40.6 Å². The number of thiocarbonyl (C=S) groups is 1. The minimum absolute atomic E-state index is 0.00782. The van der Waals surface area contributed by atoms with Crippen LogP contribution in [-0.2, 0) is 4.79 Å². The largest absolute Gasteiger partial charge is 0.395 e. The maximum atomic E-state index is 12.7. The predicted octanol–water partition coefficient (Wildman–Crippen LogP) is 1.45. The highest BCUT2D eigenvalue weighted by Crippen LogP contribution is 2.37. The van der Waals surface area contributed by atoms with Gasteiger partial charge in [0, 0.05) is 13.1 Å². The SMILES string of the molecule is CCN(CCO)C(=O)C1(C(N)=S)CCCCCC1. The zero-order valence-electron chi connectivity index (χ0n) is 11.2. The number of rotatable bonds is 5. The standard InChI is InChI=1S/C13H24N2O2S/c1-2-15(9-10-16)12(17)13(11(14)18)7-5-3-4-6-8-13/h16H,2-10H2,1H3,(H2,14,18). The van der Waals surface area contributed by atoms with Crippen molar-refractivity contribution in [1.29, 1.82) is 0 Å². The monoisotopic (exact) mass is 272 g/mol. The number of aliphatic hydroxyl groups excluding tert-OH is 1. The Kier molecular flexibility index (Phi) is 6.02. The number of hydrogen-bond acceptors (Lipinski definition) is 3. The van der Waals surface area contributed by atoms with Crippen LogP contribution in [0.25, 0.3) is 0 Å². The summed E-state index contributed by atoms with van der Waals surface area (Å²) in [5.74, 6) is 0.00782. The number of nitrogens with zero attached hydrogens (tertiary/aromatic N) is 1. The Bertz CT molecular complexity index is 299. The summed E-state index contributed by atoms with van der Waals surface area (Å²) in [5, 5.41) is 9.04. The average molecular weight is 272 g/mol. The van der Waals surface area contributed by atoms with Crippen molar-refractivity contribution in [3.63, 3.8) is 0 Å². The Balaban J connectivity index is 2.94. The molecule has 3 N–H and O–H groups in total. The topological polar surface area (TPSA) is 66.6 Å². The van der Waals surface area contributed by atoms with Gasteiger partial charge in [0.2, 0.25) is 5.91 Å². The molecular formula is C13H24N2O2S. The molecule has 0 aromatic heterocycles. The van der Waals surface area contributed by atoms with Gasteiger partial charge in [-0.3, -0.25) is 4.79 Å². The molecule has 5 heteroatoms. The summed E-state index contributed by atoms with van der Waals surface area (Å²) in [5.41, 5.74) is 5.21. The maximum absolute atomic E-state index is 12.7. The van der Waals surface area contributed by atoms with Gasteiger partial charge in [0.1, 0.15) is 0 Å². The van der Waals surface area contributed by atoms with Gasteiger partial charge in [0.25, 0.3) is 0 Å². The molecule has 0 atom stereocenters. The van der Waals surface area contributed by atoms with E-state index in [1.54, 1.807) is 4.90 Å². The van der Waals surface area contributed by atoms with E-state index in [0.717, 1.165) is 38.5 Å². The molecule has 0 saturated heterocycles. The predicted molar refractivity (Wildman–Crippen MR) is 76.3 cm³/mol. The van der Waals surface area contributed by atoms with E-state index in [2.05, 4.69) is 0 Å². The average Bonchev–Trinajstić information content (AvgIpc) is 2.61. The second kappa shape index (κ2) is 7.04. The van der Waals surface area contributed by atoms with Gasteiger partial charge in [0.15, 0.2) is 0 Å². The third-order valence-electron chi connectivity index (χ3n) is 3.88. The normalized spacial score (nSPS) is 19.0. The fourth-order valence-corrected chi connectivity index (χ4v) is 3.02. The summed E-state index contributed by atoms with van der Waals surface area (Å²) >= 11 is 5.18. The fraction of sp³-hybridized carbons (Fsp3) is 0.846. The van der Waals surface area contributed by atoms with Crippen molar-refractivity contribution in [3.05, 3.63) is 0 Å². The third-order valence-corrected chi connectivity index (χ3v) is 4.27. The molecule has 1 saturated carbocycles. The summed E-state index contributed by atoms with van der Waals surface area (Å²) in [6.45, 7) is 2.84. The molecular weight excluding hydrogens is 248 g/mol. The molecule has 1 aliphatic carbocycles. The van der Waals surface area contributed by atoms with Gasteiger partial charge < -0.3 is 15.7 Å². The van der Waals surface area contributed by atoms with Gasteiger partial charge in [-0.25, -0.2) is 0 Å². The first-order chi connectivity index (χ1) is 8.58. The van der Waals surface area contributed by atoms with Crippen molar-refractivity contribution in [2.45, 2.75) is 45.4 Å². The van der Waals surface area contributed by atoms with Crippen LogP contribution >= 0.6 is 12.2 Å². The molecule has 0 radical (unpaired) electrons. The van der Waals surface area contributed by atoms with E-state index in [9.17, 15) is 4.79 Å². The summed E-state index contributed by atoms with van der Waals surface area (Å²) in [7, 11) is 0. The molecule has 0 unspecified atom stereocenters. The molecule has 1 amide bonds. The Labute approximate surface area is 115 Å². The van der Waals surface area contributed by atoms with Crippen LogP contribution in [0.5, 0.6) is 0 Å². The lowest BCUT2D eigenvalue weighted by molar-refractivity contribution is -0.139. The molecule has 0 aromatic carbocycles. The van der Waals surface area contributed by atoms with Crippen LogP contribution in [0.2, 0.25) is 0 Å². The van der Waals surface area contributed by atoms with Gasteiger partial charge >= 0.3 is 0 Å². The molecule has 1 fully saturated rings. The van der Waals surface area contributed by atoms with E-state index >= 15 is 0 Å². The number of carbonyl (C=O) groups excluding carboxylic acids is 1. The number of amides is 1. The van der Waals surface area contributed by atoms with E-state index in [1.807, 2.05) is 6.92 Å². The highest BCUT2D eigenvalue weighted by Gasteiger charge is 2.43. The lowest BCUT2D eigenvalue weighted by atomic mass is 9.78. The number of aliphatic hydroxyl groups is 1. The van der Waals surface area contributed by atoms with Gasteiger partial charge in [-0.1, -0.05) is 37.9 Å². The van der Waals surface area contributed by atoms with Crippen molar-refractivity contribution < 1.29 is 9.90 Å².